The summed E-state index contributed by atoms with van der Waals surface area (Å²) in [5, 5.41) is 10.8. The van der Waals surface area contributed by atoms with Gasteiger partial charge in [-0.25, -0.2) is 0 Å². The molecule has 0 saturated carbocycles. The first-order valence-corrected chi connectivity index (χ1v) is 5.09. The maximum Gasteiger partial charge on any atom is 0.255 e. The Morgan fingerprint density at radius 1 is 1.40 bits per heavy atom. The van der Waals surface area contributed by atoms with Gasteiger partial charge in [-0.2, -0.15) is 4.68 Å². The van der Waals surface area contributed by atoms with Crippen LogP contribution in [-0.4, -0.2) is 38.3 Å². The van der Waals surface area contributed by atoms with E-state index in [-0.39, 0.29) is 5.16 Å². The van der Waals surface area contributed by atoms with Gasteiger partial charge in [-0.3, -0.25) is 9.59 Å². The molecule has 0 bridgehead atoms. The largest absolute Gasteiger partial charge is 0.367 e. The molecule has 0 unspecified atom stereocenters. The molecule has 4 N–H and O–H groups in total. The number of aromatic nitrogens is 4. The van der Waals surface area contributed by atoms with E-state index in [9.17, 15) is 9.59 Å². The zero-order valence-electron chi connectivity index (χ0n) is 8.17. The van der Waals surface area contributed by atoms with E-state index < -0.39 is 17.4 Å². The highest BCUT2D eigenvalue weighted by atomic mass is 32.2. The fourth-order valence-electron chi connectivity index (χ4n) is 0.917. The molecule has 1 heterocycles. The van der Waals surface area contributed by atoms with Crippen molar-refractivity contribution in [2.45, 2.75) is 17.6 Å². The van der Waals surface area contributed by atoms with Gasteiger partial charge in [0.25, 0.3) is 11.8 Å². The lowest BCUT2D eigenvalue weighted by Gasteiger charge is -2.22. The molecule has 15 heavy (non-hydrogen) atoms. The maximum absolute atomic E-state index is 11.2. The minimum absolute atomic E-state index is 0.287. The highest BCUT2D eigenvalue weighted by Crippen LogP contribution is 2.20. The van der Waals surface area contributed by atoms with Gasteiger partial charge in [0.05, 0.1) is 0 Å². The molecule has 2 amide bonds. The average molecular weight is 230 g/mol. The van der Waals surface area contributed by atoms with Gasteiger partial charge < -0.3 is 11.5 Å². The fourth-order valence-corrected chi connectivity index (χ4v) is 1.43. The smallest absolute Gasteiger partial charge is 0.255 e. The second-order valence-electron chi connectivity index (χ2n) is 2.88. The van der Waals surface area contributed by atoms with Gasteiger partial charge >= 0.3 is 0 Å². The number of hydrogen-bond donors (Lipinski definition) is 2. The topological polar surface area (TPSA) is 130 Å². The zero-order valence-corrected chi connectivity index (χ0v) is 8.98. The number of primary amides is 2. The summed E-state index contributed by atoms with van der Waals surface area (Å²) < 4.78 is 1.02. The molecule has 0 aliphatic rings. The Morgan fingerprint density at radius 2 is 1.93 bits per heavy atom. The lowest BCUT2D eigenvalue weighted by molar-refractivity contribution is -0.138. The zero-order chi connectivity index (χ0) is 11.6. The van der Waals surface area contributed by atoms with Crippen LogP contribution >= 0.6 is 11.8 Å². The van der Waals surface area contributed by atoms with Crippen LogP contribution in [0.4, 0.5) is 0 Å². The van der Waals surface area contributed by atoms with E-state index in [0.29, 0.717) is 0 Å². The molecule has 0 radical (unpaired) electrons. The van der Waals surface area contributed by atoms with Crippen molar-refractivity contribution in [3.63, 3.8) is 0 Å². The fraction of sp³-hybridized carbons (Fsp3) is 0.500. The summed E-state index contributed by atoms with van der Waals surface area (Å²) in [6.07, 6.45) is 1.70. The van der Waals surface area contributed by atoms with E-state index in [1.54, 1.807) is 6.26 Å². The predicted molar refractivity (Wildman–Crippen MR) is 51.6 cm³/mol. The maximum atomic E-state index is 11.2. The van der Waals surface area contributed by atoms with Crippen LogP contribution in [0.3, 0.4) is 0 Å². The lowest BCUT2D eigenvalue weighted by atomic mass is 10.0. The summed E-state index contributed by atoms with van der Waals surface area (Å²) in [5.41, 5.74) is 8.49. The summed E-state index contributed by atoms with van der Waals surface area (Å²) in [6, 6.07) is 0. The summed E-state index contributed by atoms with van der Waals surface area (Å²) >= 11 is 1.18. The molecule has 1 rings (SSSR count). The number of carbonyl (C=O) groups excluding carboxylic acids is 2. The molecule has 0 saturated heterocycles. The molecule has 82 valence electrons. The molecule has 0 aromatic carbocycles. The van der Waals surface area contributed by atoms with Crippen LogP contribution in [0, 0.1) is 0 Å². The first kappa shape index (κ1) is 11.4. The predicted octanol–water partition coefficient (Wildman–Crippen LogP) is -1.92. The molecule has 0 aliphatic heterocycles. The van der Waals surface area contributed by atoms with Crippen molar-refractivity contribution in [3.05, 3.63) is 0 Å². The molecule has 8 nitrogen and oxygen atoms in total. The molecule has 0 fully saturated rings. The minimum atomic E-state index is -1.75. The van der Waals surface area contributed by atoms with Crippen LogP contribution in [0.5, 0.6) is 0 Å². The number of amides is 2. The summed E-state index contributed by atoms with van der Waals surface area (Å²) in [6.45, 7) is 1.27. The summed E-state index contributed by atoms with van der Waals surface area (Å²) in [7, 11) is 0. The lowest BCUT2D eigenvalue weighted by Crippen LogP contribution is -2.54. The Labute approximate surface area is 89.4 Å². The molecule has 0 atom stereocenters. The second-order valence-corrected chi connectivity index (χ2v) is 3.65. The monoisotopic (exact) mass is 230 g/mol. The van der Waals surface area contributed by atoms with Crippen molar-refractivity contribution < 1.29 is 9.59 Å². The number of tetrazole rings is 1. The van der Waals surface area contributed by atoms with Crippen molar-refractivity contribution in [2.75, 3.05) is 6.26 Å². The van der Waals surface area contributed by atoms with Gasteiger partial charge in [-0.05, 0) is 23.6 Å². The molecule has 1 aromatic rings. The van der Waals surface area contributed by atoms with Crippen LogP contribution in [0.2, 0.25) is 0 Å². The Morgan fingerprint density at radius 3 is 2.33 bits per heavy atom. The van der Waals surface area contributed by atoms with Crippen molar-refractivity contribution in [2.24, 2.45) is 11.5 Å². The van der Waals surface area contributed by atoms with Crippen molar-refractivity contribution in [3.8, 4) is 0 Å². The Balaban J connectivity index is 3.34. The molecular formula is C6H10N6O2S. The van der Waals surface area contributed by atoms with Gasteiger partial charge in [-0.1, -0.05) is 11.8 Å². The first-order valence-electron chi connectivity index (χ1n) is 3.87. The van der Waals surface area contributed by atoms with E-state index in [1.807, 2.05) is 0 Å². The molecule has 0 aliphatic carbocycles. The third-order valence-corrected chi connectivity index (χ3v) is 2.63. The number of nitrogens with zero attached hydrogens (tertiary/aromatic N) is 4. The molecule has 9 heteroatoms. The van der Waals surface area contributed by atoms with Crippen molar-refractivity contribution in [1.82, 2.24) is 20.2 Å². The summed E-state index contributed by atoms with van der Waals surface area (Å²) in [4.78, 5) is 22.5. The van der Waals surface area contributed by atoms with Crippen LogP contribution < -0.4 is 11.5 Å². The van der Waals surface area contributed by atoms with Crippen LogP contribution in [0.25, 0.3) is 0 Å². The number of rotatable bonds is 4. The summed E-state index contributed by atoms with van der Waals surface area (Å²) in [5.74, 6) is -1.81. The van der Waals surface area contributed by atoms with Crippen LogP contribution in [0.1, 0.15) is 6.92 Å². The van der Waals surface area contributed by atoms with Gasteiger partial charge in [0, 0.05) is 0 Å². The van der Waals surface area contributed by atoms with Crippen LogP contribution in [0.15, 0.2) is 5.16 Å². The van der Waals surface area contributed by atoms with Gasteiger partial charge in [-0.15, -0.1) is 5.10 Å². The van der Waals surface area contributed by atoms with E-state index in [0.717, 1.165) is 4.68 Å². The highest BCUT2D eigenvalue weighted by Gasteiger charge is 2.43. The molecule has 0 spiro atoms. The van der Waals surface area contributed by atoms with Gasteiger partial charge in [0.15, 0.2) is 0 Å². The Bertz CT molecular complexity index is 388. The highest BCUT2D eigenvalue weighted by molar-refractivity contribution is 7.98. The average Bonchev–Trinajstić information content (AvgIpc) is 2.63. The third-order valence-electron chi connectivity index (χ3n) is 2.01. The normalized spacial score (nSPS) is 11.3. The standard InChI is InChI=1S/C6H10N6O2S/c1-6(3(7)13,4(8)14)12-5(15-2)9-10-11-12/h1-2H3,(H2,7,13)(H2,8,14). The number of hydrogen-bond acceptors (Lipinski definition) is 6. The SMILES string of the molecule is CSc1nnnn1C(C)(C(N)=O)C(N)=O. The quantitative estimate of drug-likeness (QED) is 0.458. The molecular weight excluding hydrogens is 220 g/mol. The number of carbonyl (C=O) groups is 2. The third kappa shape index (κ3) is 1.65. The number of nitrogens with two attached hydrogens (primary N) is 2. The van der Waals surface area contributed by atoms with E-state index in [2.05, 4.69) is 15.5 Å². The molecule has 1 aromatic heterocycles. The van der Waals surface area contributed by atoms with Gasteiger partial charge in [0.2, 0.25) is 10.7 Å². The first-order chi connectivity index (χ1) is 6.94. The van der Waals surface area contributed by atoms with Crippen molar-refractivity contribution in [1.29, 1.82) is 0 Å². The second kappa shape index (κ2) is 3.85. The minimum Gasteiger partial charge on any atom is -0.367 e. The van der Waals surface area contributed by atoms with E-state index in [1.165, 1.54) is 18.7 Å². The Kier molecular flexibility index (Phi) is 2.93. The van der Waals surface area contributed by atoms with E-state index >= 15 is 0 Å². The van der Waals surface area contributed by atoms with Crippen molar-refractivity contribution >= 4 is 23.6 Å². The number of thioether (sulfide) groups is 1. The van der Waals surface area contributed by atoms with Crippen LogP contribution in [-0.2, 0) is 15.1 Å². The Hall–Kier alpha value is -1.64. The van der Waals surface area contributed by atoms with Gasteiger partial charge in [0.1, 0.15) is 0 Å². The van der Waals surface area contributed by atoms with E-state index in [4.69, 9.17) is 11.5 Å².